The number of hydrogen-bond acceptors (Lipinski definition) is 3. The van der Waals surface area contributed by atoms with E-state index in [4.69, 9.17) is 14.6 Å². The van der Waals surface area contributed by atoms with E-state index in [1.807, 2.05) is 38.1 Å². The summed E-state index contributed by atoms with van der Waals surface area (Å²) in [6.45, 7) is 5.36. The molecule has 0 aliphatic carbocycles. The number of hydrogen-bond donors (Lipinski definition) is 1. The molecule has 0 aliphatic rings. The SMILES string of the molecule is CCOC(OCC)c1ccc(CN(C)C(=O)O)cc1. The normalized spacial score (nSPS) is 10.7. The zero-order valence-corrected chi connectivity index (χ0v) is 11.6. The minimum Gasteiger partial charge on any atom is -0.465 e. The molecule has 0 aromatic heterocycles. The van der Waals surface area contributed by atoms with Crippen LogP contribution in [0.3, 0.4) is 0 Å². The molecule has 1 N–H and O–H groups in total. The second-order valence-electron chi connectivity index (χ2n) is 4.12. The molecule has 0 saturated heterocycles. The summed E-state index contributed by atoms with van der Waals surface area (Å²) in [7, 11) is 1.54. The lowest BCUT2D eigenvalue weighted by atomic mass is 10.1. The standard InChI is InChI=1S/C14H21NO4/c1-4-18-13(19-5-2)12-8-6-11(7-9-12)10-15(3)14(16)17/h6-9,13H,4-5,10H2,1-3H3,(H,16,17). The van der Waals surface area contributed by atoms with Crippen LogP contribution in [0, 0.1) is 0 Å². The molecule has 19 heavy (non-hydrogen) atoms. The van der Waals surface area contributed by atoms with E-state index in [0.717, 1.165) is 11.1 Å². The Morgan fingerprint density at radius 3 is 2.16 bits per heavy atom. The van der Waals surface area contributed by atoms with Crippen molar-refractivity contribution in [3.63, 3.8) is 0 Å². The molecule has 106 valence electrons. The van der Waals surface area contributed by atoms with E-state index in [2.05, 4.69) is 0 Å². The molecular formula is C14H21NO4. The largest absolute Gasteiger partial charge is 0.465 e. The fourth-order valence-electron chi connectivity index (χ4n) is 1.66. The van der Waals surface area contributed by atoms with E-state index in [-0.39, 0.29) is 6.29 Å². The van der Waals surface area contributed by atoms with Gasteiger partial charge in [0.05, 0.1) is 0 Å². The van der Waals surface area contributed by atoms with Gasteiger partial charge in [-0.1, -0.05) is 24.3 Å². The van der Waals surface area contributed by atoms with Gasteiger partial charge in [0.25, 0.3) is 0 Å². The zero-order chi connectivity index (χ0) is 14.3. The Bertz CT molecular complexity index is 385. The van der Waals surface area contributed by atoms with Crippen LogP contribution >= 0.6 is 0 Å². The van der Waals surface area contributed by atoms with E-state index in [0.29, 0.717) is 19.8 Å². The Morgan fingerprint density at radius 1 is 1.21 bits per heavy atom. The van der Waals surface area contributed by atoms with Crippen LogP contribution in [0.4, 0.5) is 4.79 Å². The van der Waals surface area contributed by atoms with E-state index >= 15 is 0 Å². The Labute approximate surface area is 113 Å². The van der Waals surface area contributed by atoms with Gasteiger partial charge in [0.15, 0.2) is 6.29 Å². The van der Waals surface area contributed by atoms with Gasteiger partial charge in [-0.05, 0) is 19.4 Å². The topological polar surface area (TPSA) is 59.0 Å². The van der Waals surface area contributed by atoms with Crippen LogP contribution in [0.1, 0.15) is 31.3 Å². The maximum Gasteiger partial charge on any atom is 0.407 e. The molecule has 0 spiro atoms. The fraction of sp³-hybridized carbons (Fsp3) is 0.500. The van der Waals surface area contributed by atoms with E-state index in [1.165, 1.54) is 4.90 Å². The van der Waals surface area contributed by atoms with Crippen LogP contribution < -0.4 is 0 Å². The van der Waals surface area contributed by atoms with Gasteiger partial charge in [0.1, 0.15) is 0 Å². The van der Waals surface area contributed by atoms with Gasteiger partial charge in [0.2, 0.25) is 0 Å². The summed E-state index contributed by atoms with van der Waals surface area (Å²) in [5.41, 5.74) is 1.87. The Balaban J connectivity index is 2.71. The zero-order valence-electron chi connectivity index (χ0n) is 11.6. The maximum atomic E-state index is 10.7. The van der Waals surface area contributed by atoms with Crippen molar-refractivity contribution >= 4 is 6.09 Å². The molecule has 1 aromatic carbocycles. The van der Waals surface area contributed by atoms with E-state index in [9.17, 15) is 4.79 Å². The number of benzene rings is 1. The highest BCUT2D eigenvalue weighted by Crippen LogP contribution is 2.19. The summed E-state index contributed by atoms with van der Waals surface area (Å²) in [6.07, 6.45) is -1.30. The molecule has 0 unspecified atom stereocenters. The third-order valence-electron chi connectivity index (χ3n) is 2.63. The highest BCUT2D eigenvalue weighted by Gasteiger charge is 2.11. The quantitative estimate of drug-likeness (QED) is 0.772. The lowest BCUT2D eigenvalue weighted by molar-refractivity contribution is -0.140. The van der Waals surface area contributed by atoms with Gasteiger partial charge < -0.3 is 19.5 Å². The molecule has 0 bridgehead atoms. The van der Waals surface area contributed by atoms with E-state index < -0.39 is 6.09 Å². The molecule has 0 heterocycles. The molecule has 5 nitrogen and oxygen atoms in total. The monoisotopic (exact) mass is 267 g/mol. The molecule has 0 atom stereocenters. The van der Waals surface area contributed by atoms with Gasteiger partial charge >= 0.3 is 6.09 Å². The van der Waals surface area contributed by atoms with Crippen molar-refractivity contribution in [2.24, 2.45) is 0 Å². The maximum absolute atomic E-state index is 10.7. The van der Waals surface area contributed by atoms with Crippen LogP contribution in [0.15, 0.2) is 24.3 Å². The lowest BCUT2D eigenvalue weighted by Crippen LogP contribution is -2.23. The molecule has 1 rings (SSSR count). The summed E-state index contributed by atoms with van der Waals surface area (Å²) in [5.74, 6) is 0. The minimum absolute atomic E-state index is 0.360. The van der Waals surface area contributed by atoms with Crippen LogP contribution in [0.2, 0.25) is 0 Å². The summed E-state index contributed by atoms with van der Waals surface area (Å²) in [6, 6.07) is 7.58. The first-order chi connectivity index (χ1) is 9.08. The number of carbonyl (C=O) groups is 1. The van der Waals surface area contributed by atoms with Gasteiger partial charge in [-0.2, -0.15) is 0 Å². The summed E-state index contributed by atoms with van der Waals surface area (Å²) >= 11 is 0. The van der Waals surface area contributed by atoms with Crippen LogP contribution in [0.5, 0.6) is 0 Å². The average Bonchev–Trinajstić information content (AvgIpc) is 2.39. The molecular weight excluding hydrogens is 246 g/mol. The fourth-order valence-corrected chi connectivity index (χ4v) is 1.66. The molecule has 0 fully saturated rings. The highest BCUT2D eigenvalue weighted by molar-refractivity contribution is 5.64. The van der Waals surface area contributed by atoms with Crippen molar-refractivity contribution in [3.05, 3.63) is 35.4 Å². The van der Waals surface area contributed by atoms with Crippen molar-refractivity contribution in [3.8, 4) is 0 Å². The summed E-state index contributed by atoms with van der Waals surface area (Å²) in [4.78, 5) is 12.0. The number of ether oxygens (including phenoxy) is 2. The smallest absolute Gasteiger partial charge is 0.407 e. The van der Waals surface area contributed by atoms with Crippen molar-refractivity contribution < 1.29 is 19.4 Å². The molecule has 0 aliphatic heterocycles. The second-order valence-corrected chi connectivity index (χ2v) is 4.12. The van der Waals surface area contributed by atoms with Crippen molar-refractivity contribution in [2.45, 2.75) is 26.7 Å². The number of amides is 1. The number of nitrogens with zero attached hydrogens (tertiary/aromatic N) is 1. The molecule has 5 heteroatoms. The molecule has 0 saturated carbocycles. The van der Waals surface area contributed by atoms with Crippen molar-refractivity contribution in [1.29, 1.82) is 0 Å². The average molecular weight is 267 g/mol. The summed E-state index contributed by atoms with van der Waals surface area (Å²) < 4.78 is 11.0. The Hall–Kier alpha value is -1.59. The first-order valence-electron chi connectivity index (χ1n) is 6.34. The van der Waals surface area contributed by atoms with E-state index in [1.54, 1.807) is 7.05 Å². The molecule has 1 amide bonds. The predicted octanol–water partition coefficient (Wildman–Crippen LogP) is 2.87. The Kier molecular flexibility index (Phi) is 6.32. The number of rotatable bonds is 7. The highest BCUT2D eigenvalue weighted by atomic mass is 16.7. The van der Waals surface area contributed by atoms with Gasteiger partial charge in [-0.3, -0.25) is 0 Å². The molecule has 1 aromatic rings. The predicted molar refractivity (Wildman–Crippen MR) is 71.9 cm³/mol. The first kappa shape index (κ1) is 15.5. The van der Waals surface area contributed by atoms with Crippen LogP contribution in [-0.2, 0) is 16.0 Å². The summed E-state index contributed by atoms with van der Waals surface area (Å²) in [5, 5.41) is 8.81. The second kappa shape index (κ2) is 7.76. The minimum atomic E-state index is -0.939. The van der Waals surface area contributed by atoms with Gasteiger partial charge in [-0.15, -0.1) is 0 Å². The van der Waals surface area contributed by atoms with Gasteiger partial charge in [0, 0.05) is 32.4 Å². The lowest BCUT2D eigenvalue weighted by Gasteiger charge is -2.18. The third-order valence-corrected chi connectivity index (χ3v) is 2.63. The third kappa shape index (κ3) is 4.89. The van der Waals surface area contributed by atoms with Crippen molar-refractivity contribution in [1.82, 2.24) is 4.90 Å². The Morgan fingerprint density at radius 2 is 1.74 bits per heavy atom. The van der Waals surface area contributed by atoms with Crippen LogP contribution in [-0.4, -0.2) is 36.4 Å². The molecule has 0 radical (unpaired) electrons. The van der Waals surface area contributed by atoms with Gasteiger partial charge in [-0.25, -0.2) is 4.79 Å². The first-order valence-corrected chi connectivity index (χ1v) is 6.34. The number of carboxylic acid groups (broad SMARTS) is 1. The van der Waals surface area contributed by atoms with Crippen LogP contribution in [0.25, 0.3) is 0 Å². The van der Waals surface area contributed by atoms with Crippen molar-refractivity contribution in [2.75, 3.05) is 20.3 Å².